The first-order valence-corrected chi connectivity index (χ1v) is 5.85. The summed E-state index contributed by atoms with van der Waals surface area (Å²) < 4.78 is 3.07. The largest absolute Gasteiger partial charge is 0.316 e. The summed E-state index contributed by atoms with van der Waals surface area (Å²) in [6.07, 6.45) is 3.17. The van der Waals surface area contributed by atoms with E-state index in [0.29, 0.717) is 5.92 Å². The molecule has 0 spiro atoms. The summed E-state index contributed by atoms with van der Waals surface area (Å²) in [4.78, 5) is 0. The minimum Gasteiger partial charge on any atom is -0.316 e. The smallest absolute Gasteiger partial charge is 0.175 e. The molecule has 0 saturated carbocycles. The molecule has 1 N–H and O–H groups in total. The first-order valence-electron chi connectivity index (χ1n) is 5.06. The van der Waals surface area contributed by atoms with Crippen molar-refractivity contribution in [3.05, 3.63) is 28.6 Å². The quantitative estimate of drug-likeness (QED) is 0.852. The number of nitrogens with one attached hydrogen (secondary N) is 1. The van der Waals surface area contributed by atoms with Crippen LogP contribution in [0.5, 0.6) is 0 Å². The van der Waals surface area contributed by atoms with E-state index in [-0.39, 0.29) is 0 Å². The van der Waals surface area contributed by atoms with Gasteiger partial charge in [-0.05, 0) is 41.0 Å². The number of hydrogen-bond donors (Lipinski definition) is 1. The van der Waals surface area contributed by atoms with E-state index in [1.807, 2.05) is 18.3 Å². The Kier molecular flexibility index (Phi) is 2.21. The van der Waals surface area contributed by atoms with Crippen LogP contribution in [0, 0.1) is 0 Å². The van der Waals surface area contributed by atoms with Crippen molar-refractivity contribution < 1.29 is 0 Å². The summed E-state index contributed by atoms with van der Waals surface area (Å²) in [6.45, 7) is 2.08. The summed E-state index contributed by atoms with van der Waals surface area (Å²) in [5, 5.41) is 11.8. The van der Waals surface area contributed by atoms with E-state index >= 15 is 0 Å². The monoisotopic (exact) mass is 266 g/mol. The maximum Gasteiger partial charge on any atom is 0.175 e. The van der Waals surface area contributed by atoms with Crippen molar-refractivity contribution in [2.75, 3.05) is 13.1 Å². The van der Waals surface area contributed by atoms with Crippen LogP contribution in [0.2, 0.25) is 0 Å². The summed E-state index contributed by atoms with van der Waals surface area (Å²) in [7, 11) is 0. The molecule has 1 unspecified atom stereocenters. The van der Waals surface area contributed by atoms with Crippen LogP contribution in [0.15, 0.2) is 22.8 Å². The zero-order chi connectivity index (χ0) is 10.3. The third-order valence-corrected chi connectivity index (χ3v) is 3.46. The second-order valence-corrected chi connectivity index (χ2v) is 4.65. The van der Waals surface area contributed by atoms with Crippen LogP contribution in [0.3, 0.4) is 0 Å². The fourth-order valence-electron chi connectivity index (χ4n) is 2.05. The molecule has 78 valence electrons. The number of pyridine rings is 1. The van der Waals surface area contributed by atoms with Gasteiger partial charge in [0, 0.05) is 18.7 Å². The van der Waals surface area contributed by atoms with Crippen molar-refractivity contribution in [3.8, 4) is 0 Å². The molecule has 3 rings (SSSR count). The van der Waals surface area contributed by atoms with Crippen molar-refractivity contribution in [2.45, 2.75) is 12.3 Å². The molecule has 1 saturated heterocycles. The molecule has 2 aromatic rings. The van der Waals surface area contributed by atoms with Crippen molar-refractivity contribution in [3.63, 3.8) is 0 Å². The highest BCUT2D eigenvalue weighted by molar-refractivity contribution is 9.10. The predicted molar refractivity (Wildman–Crippen MR) is 60.9 cm³/mol. The molecule has 1 aliphatic rings. The molecule has 3 heterocycles. The molecule has 5 heteroatoms. The van der Waals surface area contributed by atoms with Gasteiger partial charge in [-0.2, -0.15) is 0 Å². The standard InChI is InChI=1S/C10H11BrN4/c11-8-2-1-5-15-9(13-14-10(8)15)7-3-4-12-6-7/h1-2,5,7,12H,3-4,6H2. The number of fused-ring (bicyclic) bond motifs is 1. The first-order chi connectivity index (χ1) is 7.36. The lowest BCUT2D eigenvalue weighted by atomic mass is 10.1. The van der Waals surface area contributed by atoms with E-state index in [9.17, 15) is 0 Å². The average molecular weight is 267 g/mol. The fourth-order valence-corrected chi connectivity index (χ4v) is 2.48. The van der Waals surface area contributed by atoms with Gasteiger partial charge < -0.3 is 5.32 Å². The molecule has 1 aliphatic heterocycles. The molecule has 1 fully saturated rings. The Morgan fingerprint density at radius 1 is 1.47 bits per heavy atom. The highest BCUT2D eigenvalue weighted by Crippen LogP contribution is 2.23. The van der Waals surface area contributed by atoms with Crippen molar-refractivity contribution >= 4 is 21.6 Å². The van der Waals surface area contributed by atoms with Gasteiger partial charge in [-0.25, -0.2) is 0 Å². The van der Waals surface area contributed by atoms with Crippen LogP contribution in [0.4, 0.5) is 0 Å². The number of nitrogens with zero attached hydrogens (tertiary/aromatic N) is 3. The normalized spacial score (nSPS) is 21.3. The lowest BCUT2D eigenvalue weighted by Crippen LogP contribution is -2.10. The summed E-state index contributed by atoms with van der Waals surface area (Å²) in [6, 6.07) is 3.99. The van der Waals surface area contributed by atoms with Crippen LogP contribution < -0.4 is 5.32 Å². The topological polar surface area (TPSA) is 42.2 Å². The lowest BCUT2D eigenvalue weighted by Gasteiger charge is -2.05. The number of halogens is 1. The summed E-state index contributed by atoms with van der Waals surface area (Å²) in [5.41, 5.74) is 0.902. The van der Waals surface area contributed by atoms with E-state index in [0.717, 1.165) is 35.5 Å². The second-order valence-electron chi connectivity index (χ2n) is 3.80. The SMILES string of the molecule is Brc1cccn2c(C3CCNC3)nnc12. The van der Waals surface area contributed by atoms with Gasteiger partial charge in [0.2, 0.25) is 0 Å². The molecule has 0 bridgehead atoms. The Morgan fingerprint density at radius 2 is 2.40 bits per heavy atom. The first kappa shape index (κ1) is 9.30. The van der Waals surface area contributed by atoms with Gasteiger partial charge in [0.15, 0.2) is 5.65 Å². The van der Waals surface area contributed by atoms with E-state index in [1.54, 1.807) is 0 Å². The molecule has 0 radical (unpaired) electrons. The average Bonchev–Trinajstić information content (AvgIpc) is 2.85. The Balaban J connectivity index is 2.15. The number of rotatable bonds is 1. The van der Waals surface area contributed by atoms with Crippen molar-refractivity contribution in [1.29, 1.82) is 0 Å². The molecule has 0 aliphatic carbocycles. The van der Waals surface area contributed by atoms with E-state index in [2.05, 4.69) is 35.8 Å². The lowest BCUT2D eigenvalue weighted by molar-refractivity contribution is 0.691. The van der Waals surface area contributed by atoms with E-state index in [4.69, 9.17) is 0 Å². The molecular formula is C10H11BrN4. The van der Waals surface area contributed by atoms with Crippen LogP contribution in [-0.4, -0.2) is 27.7 Å². The molecular weight excluding hydrogens is 256 g/mol. The third kappa shape index (κ3) is 1.46. The highest BCUT2D eigenvalue weighted by Gasteiger charge is 2.22. The van der Waals surface area contributed by atoms with Gasteiger partial charge in [0.05, 0.1) is 4.47 Å². The maximum atomic E-state index is 4.28. The second kappa shape index (κ2) is 3.57. The van der Waals surface area contributed by atoms with Gasteiger partial charge in [-0.15, -0.1) is 10.2 Å². The summed E-state index contributed by atoms with van der Waals surface area (Å²) >= 11 is 3.48. The fraction of sp³-hybridized carbons (Fsp3) is 0.400. The Bertz CT molecular complexity index is 487. The maximum absolute atomic E-state index is 4.28. The Hall–Kier alpha value is -0.940. The minimum absolute atomic E-state index is 0.495. The van der Waals surface area contributed by atoms with Crippen LogP contribution in [0.25, 0.3) is 5.65 Å². The van der Waals surface area contributed by atoms with E-state index in [1.165, 1.54) is 0 Å². The molecule has 4 nitrogen and oxygen atoms in total. The molecule has 0 aromatic carbocycles. The van der Waals surface area contributed by atoms with Crippen LogP contribution >= 0.6 is 15.9 Å². The summed E-state index contributed by atoms with van der Waals surface area (Å²) in [5.74, 6) is 1.56. The highest BCUT2D eigenvalue weighted by atomic mass is 79.9. The predicted octanol–water partition coefficient (Wildman–Crippen LogP) is 1.57. The van der Waals surface area contributed by atoms with Gasteiger partial charge >= 0.3 is 0 Å². The third-order valence-electron chi connectivity index (χ3n) is 2.84. The minimum atomic E-state index is 0.495. The number of aromatic nitrogens is 3. The Morgan fingerprint density at radius 3 is 3.20 bits per heavy atom. The molecule has 15 heavy (non-hydrogen) atoms. The molecule has 2 aromatic heterocycles. The van der Waals surface area contributed by atoms with Gasteiger partial charge in [0.1, 0.15) is 5.82 Å². The Labute approximate surface area is 95.8 Å². The van der Waals surface area contributed by atoms with Gasteiger partial charge in [-0.3, -0.25) is 4.40 Å². The van der Waals surface area contributed by atoms with E-state index < -0.39 is 0 Å². The zero-order valence-corrected chi connectivity index (χ0v) is 9.74. The zero-order valence-electron chi connectivity index (χ0n) is 8.15. The van der Waals surface area contributed by atoms with Crippen molar-refractivity contribution in [2.24, 2.45) is 0 Å². The number of hydrogen-bond acceptors (Lipinski definition) is 3. The molecule has 1 atom stereocenters. The van der Waals surface area contributed by atoms with Crippen LogP contribution in [0.1, 0.15) is 18.2 Å². The van der Waals surface area contributed by atoms with Crippen molar-refractivity contribution in [1.82, 2.24) is 19.9 Å². The van der Waals surface area contributed by atoms with Gasteiger partial charge in [0.25, 0.3) is 0 Å². The van der Waals surface area contributed by atoms with Gasteiger partial charge in [-0.1, -0.05) is 0 Å². The molecule has 0 amide bonds. The van der Waals surface area contributed by atoms with Crippen LogP contribution in [-0.2, 0) is 0 Å².